The van der Waals surface area contributed by atoms with Crippen LogP contribution >= 0.6 is 0 Å². The standard InChI is InChI=1S/C16H29N5/c1-12(2)13-14(17-4)19-11-20-15(13)18-10-16(3)6-8-21(5)9-7-16/h11-12H,6-10H2,1-5H3,(H2,17,18,19,20). The Hall–Kier alpha value is -1.36. The monoisotopic (exact) mass is 291 g/mol. The highest BCUT2D eigenvalue weighted by Crippen LogP contribution is 2.33. The molecule has 21 heavy (non-hydrogen) atoms. The third kappa shape index (κ3) is 3.84. The molecule has 2 rings (SSSR count). The highest BCUT2D eigenvalue weighted by Gasteiger charge is 2.29. The van der Waals surface area contributed by atoms with E-state index in [2.05, 4.69) is 53.3 Å². The summed E-state index contributed by atoms with van der Waals surface area (Å²) in [6, 6.07) is 0. The molecule has 1 saturated heterocycles. The fourth-order valence-electron chi connectivity index (χ4n) is 2.91. The van der Waals surface area contributed by atoms with E-state index >= 15 is 0 Å². The number of likely N-dealkylation sites (tertiary alicyclic amines) is 1. The smallest absolute Gasteiger partial charge is 0.135 e. The van der Waals surface area contributed by atoms with Crippen molar-refractivity contribution in [1.82, 2.24) is 14.9 Å². The van der Waals surface area contributed by atoms with E-state index in [1.54, 1.807) is 6.33 Å². The fourth-order valence-corrected chi connectivity index (χ4v) is 2.91. The minimum Gasteiger partial charge on any atom is -0.373 e. The van der Waals surface area contributed by atoms with Gasteiger partial charge in [0.05, 0.1) is 0 Å². The molecular weight excluding hydrogens is 262 g/mol. The number of rotatable bonds is 5. The van der Waals surface area contributed by atoms with Crippen LogP contribution in [0.2, 0.25) is 0 Å². The van der Waals surface area contributed by atoms with Gasteiger partial charge in [-0.05, 0) is 44.3 Å². The van der Waals surface area contributed by atoms with Crippen molar-refractivity contribution in [3.63, 3.8) is 0 Å². The average molecular weight is 291 g/mol. The van der Waals surface area contributed by atoms with Crippen LogP contribution in [-0.4, -0.2) is 48.6 Å². The highest BCUT2D eigenvalue weighted by molar-refractivity contribution is 5.58. The lowest BCUT2D eigenvalue weighted by Crippen LogP contribution is -2.40. The molecule has 0 bridgehead atoms. The van der Waals surface area contributed by atoms with Gasteiger partial charge < -0.3 is 15.5 Å². The summed E-state index contributed by atoms with van der Waals surface area (Å²) in [4.78, 5) is 11.2. The van der Waals surface area contributed by atoms with Crippen LogP contribution in [0.15, 0.2) is 6.33 Å². The fraction of sp³-hybridized carbons (Fsp3) is 0.750. The predicted molar refractivity (Wildman–Crippen MR) is 89.0 cm³/mol. The van der Waals surface area contributed by atoms with Gasteiger partial charge in [-0.15, -0.1) is 0 Å². The lowest BCUT2D eigenvalue weighted by molar-refractivity contribution is 0.150. The van der Waals surface area contributed by atoms with Gasteiger partial charge in [0.25, 0.3) is 0 Å². The zero-order valence-corrected chi connectivity index (χ0v) is 14.0. The van der Waals surface area contributed by atoms with Crippen LogP contribution < -0.4 is 10.6 Å². The number of nitrogens with one attached hydrogen (secondary N) is 2. The average Bonchev–Trinajstić information content (AvgIpc) is 2.48. The van der Waals surface area contributed by atoms with Gasteiger partial charge in [0, 0.05) is 19.2 Å². The van der Waals surface area contributed by atoms with Crippen LogP contribution in [-0.2, 0) is 0 Å². The Balaban J connectivity index is 2.09. The minimum absolute atomic E-state index is 0.353. The first-order valence-corrected chi connectivity index (χ1v) is 7.90. The van der Waals surface area contributed by atoms with Gasteiger partial charge in [0.15, 0.2) is 0 Å². The summed E-state index contributed by atoms with van der Waals surface area (Å²) >= 11 is 0. The van der Waals surface area contributed by atoms with Gasteiger partial charge >= 0.3 is 0 Å². The van der Waals surface area contributed by atoms with Crippen LogP contribution in [0, 0.1) is 5.41 Å². The quantitative estimate of drug-likeness (QED) is 0.873. The third-order valence-electron chi connectivity index (χ3n) is 4.57. The van der Waals surface area contributed by atoms with Crippen molar-refractivity contribution in [3.8, 4) is 0 Å². The lowest BCUT2D eigenvalue weighted by Gasteiger charge is -2.38. The zero-order valence-electron chi connectivity index (χ0n) is 14.0. The molecule has 0 spiro atoms. The van der Waals surface area contributed by atoms with Crippen molar-refractivity contribution in [3.05, 3.63) is 11.9 Å². The Kier molecular flexibility index (Phi) is 5.04. The molecule has 0 amide bonds. The van der Waals surface area contributed by atoms with Crippen LogP contribution in [0.3, 0.4) is 0 Å². The maximum absolute atomic E-state index is 4.47. The van der Waals surface area contributed by atoms with Gasteiger partial charge in [-0.3, -0.25) is 0 Å². The lowest BCUT2D eigenvalue weighted by atomic mass is 9.80. The molecular formula is C16H29N5. The van der Waals surface area contributed by atoms with E-state index in [9.17, 15) is 0 Å². The first-order valence-electron chi connectivity index (χ1n) is 7.90. The van der Waals surface area contributed by atoms with Gasteiger partial charge in [0.1, 0.15) is 18.0 Å². The summed E-state index contributed by atoms with van der Waals surface area (Å²) < 4.78 is 0. The molecule has 1 aromatic heterocycles. The Labute approximate surface area is 128 Å². The van der Waals surface area contributed by atoms with Crippen molar-refractivity contribution in [2.24, 2.45) is 5.41 Å². The first kappa shape index (κ1) is 16.0. The molecule has 0 radical (unpaired) electrons. The predicted octanol–water partition coefficient (Wildman–Crippen LogP) is 2.79. The maximum atomic E-state index is 4.47. The molecule has 0 atom stereocenters. The van der Waals surface area contributed by atoms with Crippen LogP contribution in [0.4, 0.5) is 11.6 Å². The number of piperidine rings is 1. The molecule has 0 unspecified atom stereocenters. The normalized spacial score (nSPS) is 18.8. The first-order chi connectivity index (χ1) is 9.95. The molecule has 0 aromatic carbocycles. The number of hydrogen-bond donors (Lipinski definition) is 2. The molecule has 1 aromatic rings. The second-order valence-corrected chi connectivity index (χ2v) is 6.86. The van der Waals surface area contributed by atoms with E-state index in [-0.39, 0.29) is 0 Å². The van der Waals surface area contributed by atoms with Crippen molar-refractivity contribution < 1.29 is 0 Å². The Morgan fingerprint density at radius 3 is 2.43 bits per heavy atom. The highest BCUT2D eigenvalue weighted by atomic mass is 15.1. The summed E-state index contributed by atoms with van der Waals surface area (Å²) in [7, 11) is 4.11. The van der Waals surface area contributed by atoms with E-state index in [0.717, 1.165) is 18.2 Å². The molecule has 0 aliphatic carbocycles. The number of aromatic nitrogens is 2. The van der Waals surface area contributed by atoms with Gasteiger partial charge in [-0.2, -0.15) is 0 Å². The second-order valence-electron chi connectivity index (χ2n) is 6.86. The number of nitrogens with zero attached hydrogens (tertiary/aromatic N) is 3. The van der Waals surface area contributed by atoms with Crippen LogP contribution in [0.1, 0.15) is 45.1 Å². The molecule has 118 valence electrons. The topological polar surface area (TPSA) is 53.1 Å². The minimum atomic E-state index is 0.353. The molecule has 5 nitrogen and oxygen atoms in total. The van der Waals surface area contributed by atoms with E-state index in [1.165, 1.54) is 31.5 Å². The van der Waals surface area contributed by atoms with Crippen molar-refractivity contribution in [1.29, 1.82) is 0 Å². The second kappa shape index (κ2) is 6.60. The van der Waals surface area contributed by atoms with Crippen LogP contribution in [0.5, 0.6) is 0 Å². The molecule has 2 N–H and O–H groups in total. The Morgan fingerprint density at radius 1 is 1.24 bits per heavy atom. The number of anilines is 2. The van der Waals surface area contributed by atoms with Crippen molar-refractivity contribution in [2.45, 2.75) is 39.5 Å². The Bertz CT molecular complexity index is 464. The summed E-state index contributed by atoms with van der Waals surface area (Å²) in [6.45, 7) is 10.1. The molecule has 5 heteroatoms. The van der Waals surface area contributed by atoms with E-state index in [0.29, 0.717) is 11.3 Å². The third-order valence-corrected chi connectivity index (χ3v) is 4.57. The maximum Gasteiger partial charge on any atom is 0.135 e. The summed E-state index contributed by atoms with van der Waals surface area (Å²) in [5, 5.41) is 6.76. The summed E-state index contributed by atoms with van der Waals surface area (Å²) in [5.74, 6) is 2.29. The molecule has 2 heterocycles. The molecule has 1 aliphatic rings. The van der Waals surface area contributed by atoms with Gasteiger partial charge in [-0.25, -0.2) is 9.97 Å². The SMILES string of the molecule is CNc1ncnc(NCC2(C)CCN(C)CC2)c1C(C)C. The molecule has 1 fully saturated rings. The van der Waals surface area contributed by atoms with Crippen molar-refractivity contribution >= 4 is 11.6 Å². The van der Waals surface area contributed by atoms with Gasteiger partial charge in [-0.1, -0.05) is 20.8 Å². The Morgan fingerprint density at radius 2 is 1.86 bits per heavy atom. The van der Waals surface area contributed by atoms with Crippen LogP contribution in [0.25, 0.3) is 0 Å². The van der Waals surface area contributed by atoms with Gasteiger partial charge in [0.2, 0.25) is 0 Å². The van der Waals surface area contributed by atoms with Crippen molar-refractivity contribution in [2.75, 3.05) is 44.4 Å². The molecule has 1 aliphatic heterocycles. The summed E-state index contributed by atoms with van der Waals surface area (Å²) in [5.41, 5.74) is 1.53. The molecule has 0 saturated carbocycles. The van der Waals surface area contributed by atoms with E-state index in [4.69, 9.17) is 0 Å². The largest absolute Gasteiger partial charge is 0.373 e. The van der Waals surface area contributed by atoms with E-state index in [1.807, 2.05) is 7.05 Å². The number of hydrogen-bond acceptors (Lipinski definition) is 5. The van der Waals surface area contributed by atoms with E-state index < -0.39 is 0 Å². The zero-order chi connectivity index (χ0) is 15.5. The summed E-state index contributed by atoms with van der Waals surface area (Å²) in [6.07, 6.45) is 4.10.